The van der Waals surface area contributed by atoms with Crippen molar-refractivity contribution in [2.75, 3.05) is 6.16 Å². The highest BCUT2D eigenvalue weighted by molar-refractivity contribution is 8.69. The molecule has 0 aromatic carbocycles. The zero-order chi connectivity index (χ0) is 13.8. The molecule has 0 fully saturated rings. The van der Waals surface area contributed by atoms with E-state index in [0.717, 1.165) is 11.9 Å². The van der Waals surface area contributed by atoms with Gasteiger partial charge in [0.15, 0.2) is 0 Å². The van der Waals surface area contributed by atoms with Crippen LogP contribution in [0.15, 0.2) is 18.3 Å². The normalized spacial score (nSPS) is 15.4. The van der Waals surface area contributed by atoms with Gasteiger partial charge >= 0.3 is 0 Å². The Morgan fingerprint density at radius 1 is 1.50 bits per heavy atom. The third-order valence-electron chi connectivity index (χ3n) is 1.99. The summed E-state index contributed by atoms with van der Waals surface area (Å²) in [7, 11) is 0. The van der Waals surface area contributed by atoms with Gasteiger partial charge in [-0.2, -0.15) is 0 Å². The molecule has 0 amide bonds. The Kier molecular flexibility index (Phi) is 6.14. The Hall–Kier alpha value is 0.400. The first kappa shape index (κ1) is 16.5. The molecule has 0 aliphatic carbocycles. The van der Waals surface area contributed by atoms with Gasteiger partial charge in [0.05, 0.1) is 12.3 Å². The molecule has 0 saturated heterocycles. The van der Waals surface area contributed by atoms with Gasteiger partial charge in [-0.15, -0.1) is 0 Å². The van der Waals surface area contributed by atoms with E-state index in [9.17, 15) is 0 Å². The Bertz CT molecular complexity index is 448. The van der Waals surface area contributed by atoms with Gasteiger partial charge in [-0.3, -0.25) is 4.98 Å². The molecule has 1 unspecified atom stereocenters. The van der Waals surface area contributed by atoms with Crippen LogP contribution in [-0.4, -0.2) is 15.9 Å². The minimum Gasteiger partial charge on any atom is -0.335 e. The number of nitrogens with zero attached hydrogens (tertiary/aromatic N) is 1. The average molecular weight is 324 g/mol. The molecule has 2 nitrogen and oxygen atoms in total. The number of rotatable bonds is 5. The van der Waals surface area contributed by atoms with Gasteiger partial charge < -0.3 is 4.52 Å². The molecule has 1 atom stereocenters. The Morgan fingerprint density at radius 2 is 2.17 bits per heavy atom. The predicted octanol–water partition coefficient (Wildman–Crippen LogP) is 5.11. The van der Waals surface area contributed by atoms with Gasteiger partial charge in [0, 0.05) is 22.1 Å². The van der Waals surface area contributed by atoms with Crippen molar-refractivity contribution in [2.45, 2.75) is 39.0 Å². The second-order valence-corrected chi connectivity index (χ2v) is 13.6. The van der Waals surface area contributed by atoms with Gasteiger partial charge in [-0.1, -0.05) is 62.5 Å². The van der Waals surface area contributed by atoms with Crippen LogP contribution in [0, 0.1) is 0 Å². The summed E-state index contributed by atoms with van der Waals surface area (Å²) in [6.45, 7) is 9.01. The van der Waals surface area contributed by atoms with Crippen LogP contribution < -0.4 is 0 Å². The van der Waals surface area contributed by atoms with E-state index in [4.69, 9.17) is 27.9 Å². The molecule has 0 spiro atoms. The molecule has 102 valence electrons. The lowest BCUT2D eigenvalue weighted by atomic mass is 10.3. The maximum Gasteiger partial charge on any atom is 0.120 e. The van der Waals surface area contributed by atoms with Crippen LogP contribution in [0.25, 0.3) is 0 Å². The minimum atomic E-state index is -1.84. The number of aromatic nitrogens is 1. The van der Waals surface area contributed by atoms with E-state index >= 15 is 0 Å². The van der Waals surface area contributed by atoms with Crippen molar-refractivity contribution in [1.29, 1.82) is 0 Å². The highest BCUT2D eigenvalue weighted by Gasteiger charge is 2.24. The van der Waals surface area contributed by atoms with Crippen LogP contribution in [0.1, 0.15) is 33.4 Å². The van der Waals surface area contributed by atoms with Gasteiger partial charge in [0.2, 0.25) is 0 Å². The Labute approximate surface area is 124 Å². The fourth-order valence-electron chi connectivity index (χ4n) is 1.29. The van der Waals surface area contributed by atoms with Crippen molar-refractivity contribution in [3.63, 3.8) is 0 Å². The van der Waals surface area contributed by atoms with Crippen molar-refractivity contribution in [2.24, 2.45) is 0 Å². The molecule has 0 aliphatic heterocycles. The van der Waals surface area contributed by atoms with Crippen LogP contribution >= 0.6 is 28.4 Å². The van der Waals surface area contributed by atoms with Gasteiger partial charge in [0.1, 0.15) is 5.47 Å². The number of pyridine rings is 1. The molecule has 0 saturated carbocycles. The number of hydrogen-bond donors (Lipinski definition) is 0. The average Bonchev–Trinajstić information content (AvgIpc) is 2.24. The SMILES string of the molecule is CCP(=S)(OCc1cc(Cl)ccn1)SC(C)(C)C. The minimum absolute atomic E-state index is 0.118. The zero-order valence-electron chi connectivity index (χ0n) is 11.1. The second-order valence-electron chi connectivity index (χ2n) is 4.87. The van der Waals surface area contributed by atoms with E-state index in [1.165, 1.54) is 0 Å². The third kappa shape index (κ3) is 6.03. The van der Waals surface area contributed by atoms with Gasteiger partial charge in [-0.25, -0.2) is 0 Å². The molecule has 0 N–H and O–H groups in total. The van der Waals surface area contributed by atoms with Crippen LogP contribution in [0.3, 0.4) is 0 Å². The topological polar surface area (TPSA) is 22.1 Å². The lowest BCUT2D eigenvalue weighted by Crippen LogP contribution is -2.08. The van der Waals surface area contributed by atoms with E-state index in [-0.39, 0.29) is 4.75 Å². The Balaban J connectivity index is 2.67. The summed E-state index contributed by atoms with van der Waals surface area (Å²) in [5, 5.41) is 0.678. The number of hydrogen-bond acceptors (Lipinski definition) is 4. The van der Waals surface area contributed by atoms with Crippen LogP contribution in [0.5, 0.6) is 0 Å². The molecule has 6 heteroatoms. The van der Waals surface area contributed by atoms with Gasteiger partial charge in [0.25, 0.3) is 0 Å². The van der Waals surface area contributed by atoms with Crippen molar-refractivity contribution >= 4 is 40.3 Å². The first-order valence-corrected chi connectivity index (χ1v) is 10.5. The second kappa shape index (κ2) is 6.71. The van der Waals surface area contributed by atoms with E-state index in [1.54, 1.807) is 23.6 Å². The largest absolute Gasteiger partial charge is 0.335 e. The molecule has 0 radical (unpaired) electrons. The fourth-order valence-corrected chi connectivity index (χ4v) is 8.38. The maximum atomic E-state index is 5.96. The van der Waals surface area contributed by atoms with E-state index in [1.807, 2.05) is 6.07 Å². The van der Waals surface area contributed by atoms with Crippen LogP contribution in [0.4, 0.5) is 0 Å². The summed E-state index contributed by atoms with van der Waals surface area (Å²) in [4.78, 5) is 4.23. The van der Waals surface area contributed by atoms with Crippen LogP contribution in [-0.2, 0) is 22.9 Å². The smallest absolute Gasteiger partial charge is 0.120 e. The molecule has 0 bridgehead atoms. The zero-order valence-corrected chi connectivity index (χ0v) is 14.4. The van der Waals surface area contributed by atoms with Gasteiger partial charge in [-0.05, 0) is 12.1 Å². The summed E-state index contributed by atoms with van der Waals surface area (Å²) in [6.07, 6.45) is 2.57. The maximum absolute atomic E-state index is 5.96. The lowest BCUT2D eigenvalue weighted by Gasteiger charge is -2.27. The summed E-state index contributed by atoms with van der Waals surface area (Å²) in [5.74, 6) is 0. The number of halogens is 1. The molecule has 1 aromatic rings. The fraction of sp³-hybridized carbons (Fsp3) is 0.583. The third-order valence-corrected chi connectivity index (χ3v) is 9.68. The van der Waals surface area contributed by atoms with Crippen molar-refractivity contribution in [3.8, 4) is 0 Å². The van der Waals surface area contributed by atoms with Crippen LogP contribution in [0.2, 0.25) is 5.02 Å². The molecule has 18 heavy (non-hydrogen) atoms. The standard InChI is InChI=1S/C12H19ClNOPS2/c1-5-16(17,18-12(2,3)4)15-9-11-8-10(13)6-7-14-11/h6-8H,5,9H2,1-4H3. The highest BCUT2D eigenvalue weighted by atomic mass is 35.5. The molecular formula is C12H19ClNOPS2. The summed E-state index contributed by atoms with van der Waals surface area (Å²) >= 11 is 13.4. The van der Waals surface area contributed by atoms with Crippen molar-refractivity contribution in [1.82, 2.24) is 4.98 Å². The summed E-state index contributed by atoms with van der Waals surface area (Å²) in [5.41, 5.74) is -1.00. The quantitative estimate of drug-likeness (QED) is 0.702. The van der Waals surface area contributed by atoms with E-state index in [2.05, 4.69) is 32.7 Å². The molecular weight excluding hydrogens is 305 g/mol. The van der Waals surface area contributed by atoms with E-state index in [0.29, 0.717) is 11.6 Å². The Morgan fingerprint density at radius 3 is 2.67 bits per heavy atom. The predicted molar refractivity (Wildman–Crippen MR) is 86.2 cm³/mol. The lowest BCUT2D eigenvalue weighted by molar-refractivity contribution is 0.342. The first-order chi connectivity index (χ1) is 8.24. The van der Waals surface area contributed by atoms with E-state index < -0.39 is 5.47 Å². The first-order valence-electron chi connectivity index (χ1n) is 5.79. The molecule has 1 aromatic heterocycles. The molecule has 1 heterocycles. The summed E-state index contributed by atoms with van der Waals surface area (Å²) in [6, 6.07) is 3.57. The summed E-state index contributed by atoms with van der Waals surface area (Å²) < 4.78 is 6.08. The molecule has 0 aliphatic rings. The van der Waals surface area contributed by atoms with Crippen molar-refractivity contribution < 1.29 is 4.52 Å². The van der Waals surface area contributed by atoms with Crippen molar-refractivity contribution in [3.05, 3.63) is 29.0 Å². The molecule has 1 rings (SSSR count). The monoisotopic (exact) mass is 323 g/mol. The highest BCUT2D eigenvalue weighted by Crippen LogP contribution is 2.64.